The summed E-state index contributed by atoms with van der Waals surface area (Å²) in [5.41, 5.74) is 2.84. The highest BCUT2D eigenvalue weighted by molar-refractivity contribution is 7.99. The molecule has 0 saturated heterocycles. The number of benzene rings is 1. The Hall–Kier alpha value is -0.930. The van der Waals surface area contributed by atoms with E-state index in [9.17, 15) is 0 Å². The SMILES string of the molecule is CCCCNCC1CCSc2[nH]c3ccccc3c21. The lowest BCUT2D eigenvalue weighted by molar-refractivity contribution is 0.551. The van der Waals surface area contributed by atoms with Gasteiger partial charge in [-0.1, -0.05) is 31.5 Å². The summed E-state index contributed by atoms with van der Waals surface area (Å²) in [7, 11) is 0. The largest absolute Gasteiger partial charge is 0.349 e. The van der Waals surface area contributed by atoms with Crippen LogP contribution in [0.5, 0.6) is 0 Å². The molecule has 1 aliphatic heterocycles. The number of rotatable bonds is 5. The van der Waals surface area contributed by atoms with Crippen molar-refractivity contribution in [3.8, 4) is 0 Å². The van der Waals surface area contributed by atoms with E-state index in [1.54, 1.807) is 5.56 Å². The quantitative estimate of drug-likeness (QED) is 0.802. The van der Waals surface area contributed by atoms with E-state index in [1.807, 2.05) is 11.8 Å². The number of aromatic nitrogens is 1. The topological polar surface area (TPSA) is 27.8 Å². The van der Waals surface area contributed by atoms with Gasteiger partial charge in [0, 0.05) is 29.1 Å². The number of hydrogen-bond donors (Lipinski definition) is 2. The Bertz CT molecular complexity index is 547. The number of para-hydroxylation sites is 1. The van der Waals surface area contributed by atoms with Crippen LogP contribution in [0.3, 0.4) is 0 Å². The Morgan fingerprint density at radius 3 is 3.16 bits per heavy atom. The minimum absolute atomic E-state index is 0.671. The van der Waals surface area contributed by atoms with E-state index in [-0.39, 0.29) is 0 Å². The van der Waals surface area contributed by atoms with Crippen molar-refractivity contribution < 1.29 is 0 Å². The average Bonchev–Trinajstić information content (AvgIpc) is 2.83. The predicted molar refractivity (Wildman–Crippen MR) is 84.2 cm³/mol. The third-order valence-corrected chi connectivity index (χ3v) is 4.98. The molecule has 1 aliphatic rings. The van der Waals surface area contributed by atoms with E-state index in [0.29, 0.717) is 5.92 Å². The molecule has 2 nitrogen and oxygen atoms in total. The number of unbranched alkanes of at least 4 members (excludes halogenated alkanes) is 1. The highest BCUT2D eigenvalue weighted by Crippen LogP contribution is 2.41. The van der Waals surface area contributed by atoms with E-state index in [4.69, 9.17) is 0 Å². The highest BCUT2D eigenvalue weighted by atomic mass is 32.2. The van der Waals surface area contributed by atoms with Crippen LogP contribution in [-0.4, -0.2) is 23.8 Å². The van der Waals surface area contributed by atoms with Gasteiger partial charge < -0.3 is 10.3 Å². The van der Waals surface area contributed by atoms with Crippen LogP contribution in [0.25, 0.3) is 10.9 Å². The van der Waals surface area contributed by atoms with E-state index in [0.717, 1.165) is 13.1 Å². The molecule has 0 fully saturated rings. The second kappa shape index (κ2) is 6.02. The average molecular weight is 274 g/mol. The second-order valence-corrected chi connectivity index (χ2v) is 6.41. The molecule has 2 heterocycles. The molecule has 3 heteroatoms. The third-order valence-electron chi connectivity index (χ3n) is 3.93. The third kappa shape index (κ3) is 2.67. The zero-order chi connectivity index (χ0) is 13.1. The maximum Gasteiger partial charge on any atom is 0.0768 e. The zero-order valence-electron chi connectivity index (χ0n) is 11.5. The predicted octanol–water partition coefficient (Wildman–Crippen LogP) is 4.14. The van der Waals surface area contributed by atoms with Gasteiger partial charge >= 0.3 is 0 Å². The molecule has 0 spiro atoms. The lowest BCUT2D eigenvalue weighted by Gasteiger charge is -2.23. The Morgan fingerprint density at radius 2 is 2.26 bits per heavy atom. The lowest BCUT2D eigenvalue weighted by atomic mass is 9.95. The summed E-state index contributed by atoms with van der Waals surface area (Å²) in [5.74, 6) is 1.91. The normalized spacial score (nSPS) is 18.7. The van der Waals surface area contributed by atoms with Gasteiger partial charge in [-0.2, -0.15) is 0 Å². The van der Waals surface area contributed by atoms with E-state index in [2.05, 4.69) is 41.5 Å². The maximum atomic E-state index is 3.63. The van der Waals surface area contributed by atoms with Crippen LogP contribution in [0.1, 0.15) is 37.7 Å². The number of thioether (sulfide) groups is 1. The molecular formula is C16H22N2S. The van der Waals surface area contributed by atoms with E-state index < -0.39 is 0 Å². The molecule has 1 unspecified atom stereocenters. The summed E-state index contributed by atoms with van der Waals surface area (Å²) < 4.78 is 0. The van der Waals surface area contributed by atoms with Gasteiger partial charge in [0.1, 0.15) is 0 Å². The zero-order valence-corrected chi connectivity index (χ0v) is 12.4. The Balaban J connectivity index is 1.82. The van der Waals surface area contributed by atoms with Crippen molar-refractivity contribution >= 4 is 22.7 Å². The van der Waals surface area contributed by atoms with Gasteiger partial charge in [0.05, 0.1) is 5.03 Å². The van der Waals surface area contributed by atoms with Gasteiger partial charge in [-0.15, -0.1) is 11.8 Å². The molecule has 0 amide bonds. The van der Waals surface area contributed by atoms with Crippen molar-refractivity contribution in [2.75, 3.05) is 18.8 Å². The van der Waals surface area contributed by atoms with Crippen LogP contribution in [0, 0.1) is 0 Å². The number of nitrogens with one attached hydrogen (secondary N) is 2. The fourth-order valence-electron chi connectivity index (χ4n) is 2.89. The first-order chi connectivity index (χ1) is 9.40. The van der Waals surface area contributed by atoms with E-state index in [1.165, 1.54) is 40.9 Å². The molecule has 19 heavy (non-hydrogen) atoms. The van der Waals surface area contributed by atoms with Gasteiger partial charge in [0.15, 0.2) is 0 Å². The molecular weight excluding hydrogens is 252 g/mol. The number of H-pyrrole nitrogens is 1. The molecule has 102 valence electrons. The summed E-state index contributed by atoms with van der Waals surface area (Å²) in [4.78, 5) is 3.58. The molecule has 0 bridgehead atoms. The van der Waals surface area contributed by atoms with Crippen LogP contribution < -0.4 is 5.32 Å². The molecule has 2 N–H and O–H groups in total. The summed E-state index contributed by atoms with van der Waals surface area (Å²) in [5, 5.41) is 6.45. The molecule has 0 saturated carbocycles. The maximum absolute atomic E-state index is 3.63. The molecule has 0 radical (unpaired) electrons. The van der Waals surface area contributed by atoms with Crippen LogP contribution in [0.2, 0.25) is 0 Å². The van der Waals surface area contributed by atoms with Gasteiger partial charge in [-0.05, 0) is 31.0 Å². The summed E-state index contributed by atoms with van der Waals surface area (Å²) in [6.45, 7) is 4.52. The lowest BCUT2D eigenvalue weighted by Crippen LogP contribution is -2.24. The van der Waals surface area contributed by atoms with Gasteiger partial charge in [-0.25, -0.2) is 0 Å². The van der Waals surface area contributed by atoms with Crippen molar-refractivity contribution in [1.82, 2.24) is 10.3 Å². The van der Waals surface area contributed by atoms with Crippen LogP contribution in [0.4, 0.5) is 0 Å². The van der Waals surface area contributed by atoms with Gasteiger partial charge in [0.25, 0.3) is 0 Å². The Labute approximate surface area is 119 Å². The van der Waals surface area contributed by atoms with Crippen molar-refractivity contribution in [1.29, 1.82) is 0 Å². The number of aromatic amines is 1. The number of hydrogen-bond acceptors (Lipinski definition) is 2. The minimum Gasteiger partial charge on any atom is -0.349 e. The molecule has 2 aromatic rings. The molecule has 1 atom stereocenters. The standard InChI is InChI=1S/C16H22N2S/c1-2-3-9-17-11-12-8-10-19-16-15(12)13-6-4-5-7-14(13)18-16/h4-7,12,17-18H,2-3,8-11H2,1H3. The van der Waals surface area contributed by atoms with Crippen LogP contribution in [-0.2, 0) is 0 Å². The molecule has 3 rings (SSSR count). The minimum atomic E-state index is 0.671. The number of fused-ring (bicyclic) bond motifs is 3. The summed E-state index contributed by atoms with van der Waals surface area (Å²) >= 11 is 1.98. The van der Waals surface area contributed by atoms with Crippen molar-refractivity contribution in [3.63, 3.8) is 0 Å². The van der Waals surface area contributed by atoms with Crippen LogP contribution in [0.15, 0.2) is 29.3 Å². The summed E-state index contributed by atoms with van der Waals surface area (Å²) in [6, 6.07) is 8.71. The first-order valence-corrected chi connectivity index (χ1v) is 8.33. The Kier molecular flexibility index (Phi) is 4.14. The second-order valence-electron chi connectivity index (χ2n) is 5.31. The first-order valence-electron chi connectivity index (χ1n) is 7.34. The van der Waals surface area contributed by atoms with Gasteiger partial charge in [0.2, 0.25) is 0 Å². The monoisotopic (exact) mass is 274 g/mol. The molecule has 1 aromatic carbocycles. The molecule has 0 aliphatic carbocycles. The smallest absolute Gasteiger partial charge is 0.0768 e. The fraction of sp³-hybridized carbons (Fsp3) is 0.500. The first kappa shape index (κ1) is 13.1. The van der Waals surface area contributed by atoms with Crippen molar-refractivity contribution in [2.45, 2.75) is 37.1 Å². The summed E-state index contributed by atoms with van der Waals surface area (Å²) in [6.07, 6.45) is 3.84. The van der Waals surface area contributed by atoms with Crippen molar-refractivity contribution in [2.24, 2.45) is 0 Å². The highest BCUT2D eigenvalue weighted by Gasteiger charge is 2.24. The fourth-order valence-corrected chi connectivity index (χ4v) is 4.11. The van der Waals surface area contributed by atoms with Crippen molar-refractivity contribution in [3.05, 3.63) is 29.8 Å². The van der Waals surface area contributed by atoms with Crippen LogP contribution >= 0.6 is 11.8 Å². The Morgan fingerprint density at radius 1 is 1.37 bits per heavy atom. The molecule has 1 aromatic heterocycles. The van der Waals surface area contributed by atoms with Gasteiger partial charge in [-0.3, -0.25) is 0 Å². The van der Waals surface area contributed by atoms with E-state index >= 15 is 0 Å².